The molecule has 3 rings (SSSR count). The summed E-state index contributed by atoms with van der Waals surface area (Å²) >= 11 is 0. The van der Waals surface area contributed by atoms with Gasteiger partial charge in [-0.2, -0.15) is 5.10 Å². The zero-order valence-corrected chi connectivity index (χ0v) is 13.6. The van der Waals surface area contributed by atoms with Crippen molar-refractivity contribution in [3.8, 4) is 11.4 Å². The molecule has 0 aliphatic carbocycles. The third kappa shape index (κ3) is 4.41. The molecule has 1 N–H and O–H groups in total. The van der Waals surface area contributed by atoms with Crippen LogP contribution in [-0.4, -0.2) is 27.3 Å². The molecule has 3 aromatic rings. The van der Waals surface area contributed by atoms with Gasteiger partial charge in [-0.05, 0) is 36.8 Å². The SMILES string of the molecule is C[C@H](NC(=O)COc1cccc(F)c1)c1ccc(-n2cncn2)cc1. The van der Waals surface area contributed by atoms with Crippen molar-refractivity contribution in [2.75, 3.05) is 6.61 Å². The van der Waals surface area contributed by atoms with Gasteiger partial charge in [0.05, 0.1) is 11.7 Å². The summed E-state index contributed by atoms with van der Waals surface area (Å²) in [5.74, 6) is -0.365. The molecule has 0 fully saturated rings. The molecule has 25 heavy (non-hydrogen) atoms. The molecule has 0 saturated heterocycles. The average Bonchev–Trinajstić information content (AvgIpc) is 3.15. The Bertz CT molecular complexity index is 835. The fourth-order valence-corrected chi connectivity index (χ4v) is 2.33. The number of nitrogens with zero attached hydrogens (tertiary/aromatic N) is 3. The zero-order valence-electron chi connectivity index (χ0n) is 13.6. The first kappa shape index (κ1) is 16.6. The van der Waals surface area contributed by atoms with E-state index in [1.54, 1.807) is 17.1 Å². The van der Waals surface area contributed by atoms with Crippen molar-refractivity contribution in [3.05, 3.63) is 72.6 Å². The summed E-state index contributed by atoms with van der Waals surface area (Å²) in [6.45, 7) is 1.70. The van der Waals surface area contributed by atoms with Crippen molar-refractivity contribution in [2.45, 2.75) is 13.0 Å². The standard InChI is InChI=1S/C18H17FN4O2/c1-13(14-5-7-16(8-6-14)23-12-20-11-21-23)22-18(24)10-25-17-4-2-3-15(19)9-17/h2-9,11-13H,10H2,1H3,(H,22,24)/t13-/m0/s1. The quantitative estimate of drug-likeness (QED) is 0.749. The van der Waals surface area contributed by atoms with E-state index in [1.165, 1.54) is 24.5 Å². The number of nitrogens with one attached hydrogen (secondary N) is 1. The van der Waals surface area contributed by atoms with E-state index >= 15 is 0 Å². The molecule has 0 bridgehead atoms. The zero-order chi connectivity index (χ0) is 17.6. The van der Waals surface area contributed by atoms with E-state index in [4.69, 9.17) is 4.74 Å². The van der Waals surface area contributed by atoms with Crippen LogP contribution in [0.5, 0.6) is 5.75 Å². The number of hydrogen-bond acceptors (Lipinski definition) is 4. The third-order valence-electron chi connectivity index (χ3n) is 3.62. The second-order valence-electron chi connectivity index (χ2n) is 5.47. The van der Waals surface area contributed by atoms with Crippen molar-refractivity contribution in [2.24, 2.45) is 0 Å². The van der Waals surface area contributed by atoms with Gasteiger partial charge in [0.15, 0.2) is 6.61 Å². The molecule has 2 aromatic carbocycles. The lowest BCUT2D eigenvalue weighted by molar-refractivity contribution is -0.123. The van der Waals surface area contributed by atoms with Crippen molar-refractivity contribution in [3.63, 3.8) is 0 Å². The lowest BCUT2D eigenvalue weighted by Gasteiger charge is -2.15. The molecule has 0 unspecified atom stereocenters. The Morgan fingerprint density at radius 1 is 1.28 bits per heavy atom. The fraction of sp³-hybridized carbons (Fsp3) is 0.167. The number of halogens is 1. The molecule has 0 aliphatic heterocycles. The maximum absolute atomic E-state index is 13.1. The highest BCUT2D eigenvalue weighted by Gasteiger charge is 2.11. The van der Waals surface area contributed by atoms with E-state index in [-0.39, 0.29) is 18.6 Å². The van der Waals surface area contributed by atoms with Crippen molar-refractivity contribution >= 4 is 5.91 Å². The minimum Gasteiger partial charge on any atom is -0.484 e. The molecule has 0 saturated carbocycles. The number of carbonyl (C=O) groups excluding carboxylic acids is 1. The van der Waals surface area contributed by atoms with Crippen LogP contribution in [0.1, 0.15) is 18.5 Å². The molecule has 6 nitrogen and oxygen atoms in total. The van der Waals surface area contributed by atoms with Gasteiger partial charge in [-0.1, -0.05) is 18.2 Å². The minimum absolute atomic E-state index is 0.176. The van der Waals surface area contributed by atoms with Crippen molar-refractivity contribution < 1.29 is 13.9 Å². The first-order chi connectivity index (χ1) is 12.1. The number of rotatable bonds is 6. The van der Waals surface area contributed by atoms with E-state index in [1.807, 2.05) is 31.2 Å². The van der Waals surface area contributed by atoms with Gasteiger partial charge in [0.2, 0.25) is 0 Å². The molecule has 7 heteroatoms. The maximum Gasteiger partial charge on any atom is 0.258 e. The number of hydrogen-bond donors (Lipinski definition) is 1. The molecule has 1 aromatic heterocycles. The Balaban J connectivity index is 1.54. The molecule has 1 heterocycles. The summed E-state index contributed by atoms with van der Waals surface area (Å²) in [6, 6.07) is 13.1. The monoisotopic (exact) mass is 340 g/mol. The number of benzene rings is 2. The van der Waals surface area contributed by atoms with Crippen LogP contribution in [0.4, 0.5) is 4.39 Å². The van der Waals surface area contributed by atoms with Gasteiger partial charge in [0.1, 0.15) is 24.2 Å². The van der Waals surface area contributed by atoms with Crippen LogP contribution in [-0.2, 0) is 4.79 Å². The van der Waals surface area contributed by atoms with Crippen LogP contribution in [0.25, 0.3) is 5.69 Å². The van der Waals surface area contributed by atoms with Gasteiger partial charge in [-0.3, -0.25) is 4.79 Å². The van der Waals surface area contributed by atoms with Crippen LogP contribution in [0.15, 0.2) is 61.2 Å². The number of carbonyl (C=O) groups is 1. The molecule has 1 atom stereocenters. The van der Waals surface area contributed by atoms with Gasteiger partial charge < -0.3 is 10.1 Å². The van der Waals surface area contributed by atoms with Crippen LogP contribution >= 0.6 is 0 Å². The minimum atomic E-state index is -0.404. The second-order valence-corrected chi connectivity index (χ2v) is 5.47. The highest BCUT2D eigenvalue weighted by atomic mass is 19.1. The molecule has 0 aliphatic rings. The number of aromatic nitrogens is 3. The Kier molecular flexibility index (Phi) is 5.03. The topological polar surface area (TPSA) is 69.0 Å². The average molecular weight is 340 g/mol. The van der Waals surface area contributed by atoms with Gasteiger partial charge in [0, 0.05) is 6.07 Å². The fourth-order valence-electron chi connectivity index (χ4n) is 2.33. The summed E-state index contributed by atoms with van der Waals surface area (Å²) in [4.78, 5) is 15.9. The smallest absolute Gasteiger partial charge is 0.258 e. The first-order valence-corrected chi connectivity index (χ1v) is 7.74. The summed E-state index contributed by atoms with van der Waals surface area (Å²) in [5, 5.41) is 6.90. The molecular weight excluding hydrogens is 323 g/mol. The second kappa shape index (κ2) is 7.57. The van der Waals surface area contributed by atoms with Crippen LogP contribution in [0.2, 0.25) is 0 Å². The van der Waals surface area contributed by atoms with E-state index in [0.717, 1.165) is 11.3 Å². The highest BCUT2D eigenvalue weighted by molar-refractivity contribution is 5.78. The van der Waals surface area contributed by atoms with E-state index < -0.39 is 5.82 Å². The Hall–Kier alpha value is -3.22. The molecule has 1 amide bonds. The largest absolute Gasteiger partial charge is 0.484 e. The maximum atomic E-state index is 13.1. The highest BCUT2D eigenvalue weighted by Crippen LogP contribution is 2.15. The Labute approximate surface area is 144 Å². The van der Waals surface area contributed by atoms with Gasteiger partial charge in [0.25, 0.3) is 5.91 Å². The first-order valence-electron chi connectivity index (χ1n) is 7.74. The summed E-state index contributed by atoms with van der Waals surface area (Å²) in [6.07, 6.45) is 3.08. The number of ether oxygens (including phenoxy) is 1. The van der Waals surface area contributed by atoms with Crippen LogP contribution < -0.4 is 10.1 Å². The van der Waals surface area contributed by atoms with Crippen LogP contribution in [0, 0.1) is 5.82 Å². The van der Waals surface area contributed by atoms with Gasteiger partial charge in [-0.15, -0.1) is 0 Å². The Morgan fingerprint density at radius 2 is 2.08 bits per heavy atom. The van der Waals surface area contributed by atoms with Gasteiger partial charge in [-0.25, -0.2) is 14.1 Å². The Morgan fingerprint density at radius 3 is 2.76 bits per heavy atom. The summed E-state index contributed by atoms with van der Waals surface area (Å²) in [7, 11) is 0. The molecule has 128 valence electrons. The van der Waals surface area contributed by atoms with E-state index in [0.29, 0.717) is 5.75 Å². The van der Waals surface area contributed by atoms with Crippen molar-refractivity contribution in [1.29, 1.82) is 0 Å². The van der Waals surface area contributed by atoms with Gasteiger partial charge >= 0.3 is 0 Å². The molecule has 0 radical (unpaired) electrons. The van der Waals surface area contributed by atoms with Crippen LogP contribution in [0.3, 0.4) is 0 Å². The lowest BCUT2D eigenvalue weighted by Crippen LogP contribution is -2.31. The summed E-state index contributed by atoms with van der Waals surface area (Å²) < 4.78 is 20.0. The lowest BCUT2D eigenvalue weighted by atomic mass is 10.1. The van der Waals surface area contributed by atoms with Crippen molar-refractivity contribution in [1.82, 2.24) is 20.1 Å². The molecular formula is C18H17FN4O2. The normalized spacial score (nSPS) is 11.8. The third-order valence-corrected chi connectivity index (χ3v) is 3.62. The molecule has 0 spiro atoms. The predicted molar refractivity (Wildman–Crippen MR) is 89.8 cm³/mol. The number of amides is 1. The summed E-state index contributed by atoms with van der Waals surface area (Å²) in [5.41, 5.74) is 1.83. The predicted octanol–water partition coefficient (Wildman–Crippen LogP) is 2.66. The van der Waals surface area contributed by atoms with E-state index in [2.05, 4.69) is 15.4 Å². The van der Waals surface area contributed by atoms with E-state index in [9.17, 15) is 9.18 Å².